The van der Waals surface area contributed by atoms with Crippen molar-refractivity contribution in [1.29, 1.82) is 0 Å². The number of hydrogen-bond acceptors (Lipinski definition) is 5. The molecule has 1 unspecified atom stereocenters. The largest absolute Gasteiger partial charge is 0.480 e. The summed E-state index contributed by atoms with van der Waals surface area (Å²) in [4.78, 5) is 19.9. The number of carboxylic acids is 1. The molecular formula is C10H16N2O4. The Hall–Kier alpha value is -1.40. The highest BCUT2D eigenvalue weighted by molar-refractivity contribution is 5.73. The molecular weight excluding hydrogens is 212 g/mol. The number of aliphatic carboxylic acids is 1. The molecule has 0 bridgehead atoms. The molecule has 1 heterocycles. The molecule has 16 heavy (non-hydrogen) atoms. The minimum absolute atomic E-state index is 0.186. The summed E-state index contributed by atoms with van der Waals surface area (Å²) in [6, 6.07) is -0.854. The van der Waals surface area contributed by atoms with E-state index in [0.717, 1.165) is 0 Å². The molecule has 1 rings (SSSR count). The van der Waals surface area contributed by atoms with E-state index >= 15 is 0 Å². The van der Waals surface area contributed by atoms with Gasteiger partial charge in [0.15, 0.2) is 6.39 Å². The van der Waals surface area contributed by atoms with Gasteiger partial charge in [-0.15, -0.1) is 0 Å². The first kappa shape index (κ1) is 12.7. The van der Waals surface area contributed by atoms with Gasteiger partial charge in [-0.2, -0.15) is 5.48 Å². The molecule has 90 valence electrons. The fraction of sp³-hybridized carbons (Fsp3) is 0.600. The summed E-state index contributed by atoms with van der Waals surface area (Å²) in [5.41, 5.74) is 2.06. The Morgan fingerprint density at radius 1 is 1.69 bits per heavy atom. The third kappa shape index (κ3) is 4.41. The van der Waals surface area contributed by atoms with Gasteiger partial charge in [-0.25, -0.2) is 4.98 Å². The van der Waals surface area contributed by atoms with Gasteiger partial charge in [-0.3, -0.25) is 9.63 Å². The van der Waals surface area contributed by atoms with Crippen molar-refractivity contribution in [3.8, 4) is 0 Å². The van der Waals surface area contributed by atoms with E-state index < -0.39 is 17.6 Å². The Balaban J connectivity index is 2.52. The summed E-state index contributed by atoms with van der Waals surface area (Å²) in [6.07, 6.45) is 2.93. The number of aromatic nitrogens is 1. The maximum atomic E-state index is 10.9. The second kappa shape index (κ2) is 5.09. The molecule has 1 aromatic rings. The van der Waals surface area contributed by atoms with E-state index in [-0.39, 0.29) is 6.42 Å². The third-order valence-electron chi connectivity index (χ3n) is 1.69. The van der Waals surface area contributed by atoms with Crippen molar-refractivity contribution in [2.24, 2.45) is 0 Å². The summed E-state index contributed by atoms with van der Waals surface area (Å²) in [7, 11) is 0. The molecule has 0 fully saturated rings. The van der Waals surface area contributed by atoms with E-state index in [1.54, 1.807) is 0 Å². The molecule has 0 aliphatic rings. The van der Waals surface area contributed by atoms with Gasteiger partial charge in [0.1, 0.15) is 11.8 Å². The van der Waals surface area contributed by atoms with Crippen LogP contribution in [0.4, 0.5) is 0 Å². The molecule has 0 saturated heterocycles. The van der Waals surface area contributed by atoms with Crippen LogP contribution in [0.1, 0.15) is 26.5 Å². The summed E-state index contributed by atoms with van der Waals surface area (Å²) >= 11 is 0. The van der Waals surface area contributed by atoms with Gasteiger partial charge in [0.25, 0.3) is 0 Å². The maximum Gasteiger partial charge on any atom is 0.323 e. The number of hydrogen-bond donors (Lipinski definition) is 2. The number of nitrogens with zero attached hydrogens (tertiary/aromatic N) is 1. The zero-order valence-corrected chi connectivity index (χ0v) is 9.56. The van der Waals surface area contributed by atoms with Crippen LogP contribution in [0.5, 0.6) is 0 Å². The molecule has 0 radical (unpaired) electrons. The van der Waals surface area contributed by atoms with E-state index in [1.165, 1.54) is 12.6 Å². The van der Waals surface area contributed by atoms with Crippen LogP contribution < -0.4 is 5.48 Å². The van der Waals surface area contributed by atoms with Crippen LogP contribution in [-0.4, -0.2) is 27.7 Å². The molecule has 2 N–H and O–H groups in total. The van der Waals surface area contributed by atoms with Crippen LogP contribution in [0.25, 0.3) is 0 Å². The Morgan fingerprint density at radius 2 is 2.38 bits per heavy atom. The van der Waals surface area contributed by atoms with Crippen LogP contribution in [0, 0.1) is 0 Å². The van der Waals surface area contributed by atoms with Gasteiger partial charge >= 0.3 is 5.97 Å². The molecule has 1 atom stereocenters. The van der Waals surface area contributed by atoms with Gasteiger partial charge in [0.2, 0.25) is 0 Å². The summed E-state index contributed by atoms with van der Waals surface area (Å²) in [6.45, 7) is 5.48. The van der Waals surface area contributed by atoms with Crippen molar-refractivity contribution >= 4 is 5.97 Å². The average molecular weight is 228 g/mol. The van der Waals surface area contributed by atoms with Crippen molar-refractivity contribution < 1.29 is 19.2 Å². The predicted octanol–water partition coefficient (Wildman–Crippen LogP) is 0.990. The minimum atomic E-state index is -0.999. The van der Waals surface area contributed by atoms with Crippen molar-refractivity contribution in [1.82, 2.24) is 10.5 Å². The zero-order valence-electron chi connectivity index (χ0n) is 9.56. The van der Waals surface area contributed by atoms with Crippen molar-refractivity contribution in [2.75, 3.05) is 0 Å². The van der Waals surface area contributed by atoms with Crippen molar-refractivity contribution in [3.63, 3.8) is 0 Å². The molecule has 0 amide bonds. The molecule has 0 aliphatic heterocycles. The van der Waals surface area contributed by atoms with E-state index in [2.05, 4.69) is 10.5 Å². The predicted molar refractivity (Wildman–Crippen MR) is 55.6 cm³/mol. The normalized spacial score (nSPS) is 13.7. The number of carbonyl (C=O) groups is 1. The number of rotatable bonds is 5. The molecule has 6 heteroatoms. The molecule has 0 spiro atoms. The Kier molecular flexibility index (Phi) is 4.03. The summed E-state index contributed by atoms with van der Waals surface area (Å²) in [5, 5.41) is 8.96. The number of hydroxylamine groups is 1. The van der Waals surface area contributed by atoms with Crippen LogP contribution in [-0.2, 0) is 16.1 Å². The second-order valence-corrected chi connectivity index (χ2v) is 4.39. The Morgan fingerprint density at radius 3 is 2.81 bits per heavy atom. The second-order valence-electron chi connectivity index (χ2n) is 4.39. The first-order valence-electron chi connectivity index (χ1n) is 4.92. The van der Waals surface area contributed by atoms with Gasteiger partial charge in [-0.1, -0.05) is 0 Å². The molecule has 6 nitrogen and oxygen atoms in total. The lowest BCUT2D eigenvalue weighted by molar-refractivity contribution is -0.150. The van der Waals surface area contributed by atoms with Gasteiger partial charge in [0.05, 0.1) is 11.8 Å². The highest BCUT2D eigenvalue weighted by Crippen LogP contribution is 2.07. The molecule has 0 aliphatic carbocycles. The van der Waals surface area contributed by atoms with Crippen LogP contribution in [0.3, 0.4) is 0 Å². The standard InChI is InChI=1S/C10H16N2O4/c1-10(2,3)16-12-8(9(13)14)4-7-5-11-6-15-7/h5-6,8,12H,4H2,1-3H3,(H,13,14). The monoisotopic (exact) mass is 228 g/mol. The SMILES string of the molecule is CC(C)(C)ONC(Cc1cnco1)C(=O)O. The third-order valence-corrected chi connectivity index (χ3v) is 1.69. The summed E-state index contributed by atoms with van der Waals surface area (Å²) in [5.74, 6) is -0.502. The van der Waals surface area contributed by atoms with E-state index in [0.29, 0.717) is 5.76 Å². The average Bonchev–Trinajstić information content (AvgIpc) is 2.62. The van der Waals surface area contributed by atoms with Crippen LogP contribution in [0.2, 0.25) is 0 Å². The highest BCUT2D eigenvalue weighted by Gasteiger charge is 2.22. The van der Waals surface area contributed by atoms with Gasteiger partial charge in [0, 0.05) is 6.42 Å². The number of oxazole rings is 1. The van der Waals surface area contributed by atoms with E-state index in [4.69, 9.17) is 14.4 Å². The zero-order chi connectivity index (χ0) is 12.2. The smallest absolute Gasteiger partial charge is 0.323 e. The lowest BCUT2D eigenvalue weighted by Crippen LogP contribution is -2.42. The highest BCUT2D eigenvalue weighted by atomic mass is 16.7. The number of carboxylic acid groups (broad SMARTS) is 1. The maximum absolute atomic E-state index is 10.9. The first-order chi connectivity index (χ1) is 7.38. The van der Waals surface area contributed by atoms with Crippen LogP contribution >= 0.6 is 0 Å². The quantitative estimate of drug-likeness (QED) is 0.731. The van der Waals surface area contributed by atoms with E-state index in [1.807, 2.05) is 20.8 Å². The minimum Gasteiger partial charge on any atom is -0.480 e. The fourth-order valence-corrected chi connectivity index (χ4v) is 0.971. The molecule has 0 saturated carbocycles. The lowest BCUT2D eigenvalue weighted by atomic mass is 10.2. The topological polar surface area (TPSA) is 84.6 Å². The van der Waals surface area contributed by atoms with Gasteiger partial charge in [-0.05, 0) is 20.8 Å². The molecule has 1 aromatic heterocycles. The van der Waals surface area contributed by atoms with Crippen molar-refractivity contribution in [2.45, 2.75) is 38.8 Å². The van der Waals surface area contributed by atoms with Crippen molar-refractivity contribution in [3.05, 3.63) is 18.4 Å². The number of nitrogens with one attached hydrogen (secondary N) is 1. The Bertz CT molecular complexity index is 329. The van der Waals surface area contributed by atoms with Crippen LogP contribution in [0.15, 0.2) is 17.0 Å². The fourth-order valence-electron chi connectivity index (χ4n) is 0.971. The van der Waals surface area contributed by atoms with Gasteiger partial charge < -0.3 is 9.52 Å². The van der Waals surface area contributed by atoms with E-state index in [9.17, 15) is 4.79 Å². The molecule has 0 aromatic carbocycles. The lowest BCUT2D eigenvalue weighted by Gasteiger charge is -2.22. The first-order valence-corrected chi connectivity index (χ1v) is 4.92. The Labute approximate surface area is 93.6 Å². The summed E-state index contributed by atoms with van der Waals surface area (Å²) < 4.78 is 4.98.